The summed E-state index contributed by atoms with van der Waals surface area (Å²) in [6.45, 7) is 7.28. The van der Waals surface area contributed by atoms with Crippen LogP contribution in [0.15, 0.2) is 36.5 Å². The Hall–Kier alpha value is -1.36. The average molecular weight is 380 g/mol. The first-order valence-electron chi connectivity index (χ1n) is 6.65. The van der Waals surface area contributed by atoms with Crippen LogP contribution in [0.5, 0.6) is 0 Å². The summed E-state index contributed by atoms with van der Waals surface area (Å²) in [5.41, 5.74) is 11.7. The monoisotopic (exact) mass is 380 g/mol. The molecule has 0 saturated heterocycles. The van der Waals surface area contributed by atoms with E-state index in [0.29, 0.717) is 0 Å². The van der Waals surface area contributed by atoms with E-state index in [1.807, 2.05) is 24.4 Å². The molecule has 0 aliphatic carbocycles. The van der Waals surface area contributed by atoms with E-state index >= 15 is 0 Å². The number of nitrogens with zero attached hydrogens (tertiary/aromatic N) is 1. The molecule has 1 aromatic carbocycles. The lowest BCUT2D eigenvalue weighted by Crippen LogP contribution is -3.00. The summed E-state index contributed by atoms with van der Waals surface area (Å²) in [6.07, 6.45) is 6.31. The van der Waals surface area contributed by atoms with Gasteiger partial charge < -0.3 is 29.7 Å². The summed E-state index contributed by atoms with van der Waals surface area (Å²) in [5.74, 6) is 0. The lowest BCUT2D eigenvalue weighted by Gasteiger charge is -2.08. The van der Waals surface area contributed by atoms with Crippen LogP contribution < -0.4 is 34.3 Å². The standard InChI is InChI=1S/C17H21N2.HI/c1-4-19-12-17(18)13(2)16(14(19)3)11-10-15-8-6-5-7-9-15;/h5-12H,4,18H2,1-3H3;1H/q+1;/p-1. The zero-order valence-corrected chi connectivity index (χ0v) is 14.4. The molecule has 0 fully saturated rings. The van der Waals surface area contributed by atoms with Crippen molar-refractivity contribution in [2.45, 2.75) is 27.3 Å². The lowest BCUT2D eigenvalue weighted by atomic mass is 10.0. The number of aromatic nitrogens is 1. The second-order valence-corrected chi connectivity index (χ2v) is 4.74. The second-order valence-electron chi connectivity index (χ2n) is 4.74. The van der Waals surface area contributed by atoms with Crippen molar-refractivity contribution in [2.75, 3.05) is 5.73 Å². The Balaban J connectivity index is 0.00000200. The van der Waals surface area contributed by atoms with Crippen molar-refractivity contribution in [1.29, 1.82) is 0 Å². The molecule has 1 aromatic heterocycles. The maximum atomic E-state index is 6.08. The number of halogens is 1. The van der Waals surface area contributed by atoms with Crippen LogP contribution in [0.2, 0.25) is 0 Å². The summed E-state index contributed by atoms with van der Waals surface area (Å²) in [6, 6.07) is 10.3. The molecule has 0 aliphatic rings. The molecule has 0 bridgehead atoms. The van der Waals surface area contributed by atoms with Crippen LogP contribution in [0.1, 0.15) is 29.3 Å². The molecule has 2 aromatic rings. The van der Waals surface area contributed by atoms with E-state index in [0.717, 1.165) is 17.8 Å². The first-order valence-corrected chi connectivity index (χ1v) is 6.65. The molecule has 0 aliphatic heterocycles. The summed E-state index contributed by atoms with van der Waals surface area (Å²) < 4.78 is 2.19. The summed E-state index contributed by atoms with van der Waals surface area (Å²) in [5, 5.41) is 0. The van der Waals surface area contributed by atoms with Gasteiger partial charge in [0.1, 0.15) is 12.2 Å². The van der Waals surface area contributed by atoms with Crippen LogP contribution in [0, 0.1) is 13.8 Å². The van der Waals surface area contributed by atoms with Gasteiger partial charge in [0.15, 0.2) is 11.9 Å². The van der Waals surface area contributed by atoms with E-state index in [9.17, 15) is 0 Å². The zero-order valence-electron chi connectivity index (χ0n) is 12.2. The Morgan fingerprint density at radius 2 is 1.75 bits per heavy atom. The van der Waals surface area contributed by atoms with Crippen molar-refractivity contribution >= 4 is 17.8 Å². The number of rotatable bonds is 3. The Morgan fingerprint density at radius 1 is 1.10 bits per heavy atom. The van der Waals surface area contributed by atoms with Gasteiger partial charge in [0.25, 0.3) is 0 Å². The molecule has 3 heteroatoms. The van der Waals surface area contributed by atoms with Gasteiger partial charge >= 0.3 is 0 Å². The molecular formula is C17H21IN2. The maximum absolute atomic E-state index is 6.08. The highest BCUT2D eigenvalue weighted by Crippen LogP contribution is 2.19. The minimum Gasteiger partial charge on any atom is -1.00 e. The minimum atomic E-state index is 0. The van der Waals surface area contributed by atoms with Crippen LogP contribution in [-0.4, -0.2) is 0 Å². The van der Waals surface area contributed by atoms with Gasteiger partial charge in [-0.15, -0.1) is 0 Å². The normalized spacial score (nSPS) is 10.6. The van der Waals surface area contributed by atoms with Crippen LogP contribution in [0.25, 0.3) is 12.2 Å². The molecule has 2 N–H and O–H groups in total. The van der Waals surface area contributed by atoms with Crippen LogP contribution in [-0.2, 0) is 6.54 Å². The van der Waals surface area contributed by atoms with Gasteiger partial charge in [-0.1, -0.05) is 36.4 Å². The third kappa shape index (κ3) is 3.60. The maximum Gasteiger partial charge on any atom is 0.192 e. The van der Waals surface area contributed by atoms with Gasteiger partial charge in [0.2, 0.25) is 0 Å². The number of nitrogen functional groups attached to an aromatic ring is 1. The van der Waals surface area contributed by atoms with E-state index in [1.54, 1.807) is 0 Å². The fourth-order valence-electron chi connectivity index (χ4n) is 2.26. The quantitative estimate of drug-likeness (QED) is 0.605. The number of pyridine rings is 1. The molecule has 0 radical (unpaired) electrons. The van der Waals surface area contributed by atoms with Crippen molar-refractivity contribution < 1.29 is 28.5 Å². The molecule has 0 unspecified atom stereocenters. The van der Waals surface area contributed by atoms with E-state index in [2.05, 4.69) is 49.6 Å². The van der Waals surface area contributed by atoms with Crippen LogP contribution in [0.3, 0.4) is 0 Å². The molecule has 2 rings (SSSR count). The molecular weight excluding hydrogens is 359 g/mol. The molecule has 0 saturated carbocycles. The topological polar surface area (TPSA) is 29.9 Å². The van der Waals surface area contributed by atoms with Crippen LogP contribution >= 0.6 is 0 Å². The van der Waals surface area contributed by atoms with E-state index in [4.69, 9.17) is 5.73 Å². The third-order valence-electron chi connectivity index (χ3n) is 3.54. The highest BCUT2D eigenvalue weighted by molar-refractivity contribution is 5.73. The predicted octanol–water partition coefficient (Wildman–Crippen LogP) is 0.367. The molecule has 0 atom stereocenters. The van der Waals surface area contributed by atoms with Gasteiger partial charge in [-0.2, -0.15) is 0 Å². The molecule has 0 spiro atoms. The zero-order chi connectivity index (χ0) is 13.8. The highest BCUT2D eigenvalue weighted by atomic mass is 127. The molecule has 2 nitrogen and oxygen atoms in total. The molecule has 0 amide bonds. The van der Waals surface area contributed by atoms with Crippen LogP contribution in [0.4, 0.5) is 5.69 Å². The smallest absolute Gasteiger partial charge is 0.192 e. The second kappa shape index (κ2) is 7.43. The van der Waals surface area contributed by atoms with Gasteiger partial charge in [-0.25, -0.2) is 4.57 Å². The van der Waals surface area contributed by atoms with Crippen molar-refractivity contribution in [3.63, 3.8) is 0 Å². The number of benzene rings is 1. The Kier molecular flexibility index (Phi) is 6.20. The number of anilines is 1. The van der Waals surface area contributed by atoms with E-state index in [-0.39, 0.29) is 24.0 Å². The summed E-state index contributed by atoms with van der Waals surface area (Å²) >= 11 is 0. The van der Waals surface area contributed by atoms with Crippen molar-refractivity contribution in [2.24, 2.45) is 0 Å². The van der Waals surface area contributed by atoms with Gasteiger partial charge in [-0.3, -0.25) is 0 Å². The minimum absolute atomic E-state index is 0. The average Bonchev–Trinajstić information content (AvgIpc) is 2.44. The van der Waals surface area contributed by atoms with Gasteiger partial charge in [-0.05, 0) is 31.1 Å². The Morgan fingerprint density at radius 3 is 2.35 bits per heavy atom. The largest absolute Gasteiger partial charge is 1.00 e. The fraction of sp³-hybridized carbons (Fsp3) is 0.235. The first-order chi connectivity index (χ1) is 9.13. The van der Waals surface area contributed by atoms with Crippen molar-refractivity contribution in [3.05, 3.63) is 58.9 Å². The molecule has 1 heterocycles. The highest BCUT2D eigenvalue weighted by Gasteiger charge is 2.14. The van der Waals surface area contributed by atoms with Crippen molar-refractivity contribution in [1.82, 2.24) is 0 Å². The molecule has 20 heavy (non-hydrogen) atoms. The number of hydrogen-bond acceptors (Lipinski definition) is 1. The van der Waals surface area contributed by atoms with Crippen molar-refractivity contribution in [3.8, 4) is 0 Å². The molecule has 106 valence electrons. The summed E-state index contributed by atoms with van der Waals surface area (Å²) in [4.78, 5) is 0. The Bertz CT molecular complexity index is 604. The fourth-order valence-corrected chi connectivity index (χ4v) is 2.26. The first kappa shape index (κ1) is 16.7. The number of nitrogens with two attached hydrogens (primary N) is 1. The SMILES string of the molecule is CC[n+]1cc(N)c(C)c(C=Cc2ccccc2)c1C.[I-]. The summed E-state index contributed by atoms with van der Waals surface area (Å²) in [7, 11) is 0. The van der Waals surface area contributed by atoms with Gasteiger partial charge in [0, 0.05) is 12.5 Å². The third-order valence-corrected chi connectivity index (χ3v) is 3.54. The predicted molar refractivity (Wildman–Crippen MR) is 81.6 cm³/mol. The lowest BCUT2D eigenvalue weighted by molar-refractivity contribution is -0.698. The number of aryl methyl sites for hydroxylation is 1. The number of hydrogen-bond donors (Lipinski definition) is 1. The van der Waals surface area contributed by atoms with E-state index < -0.39 is 0 Å². The van der Waals surface area contributed by atoms with Gasteiger partial charge in [0.05, 0.1) is 0 Å². The van der Waals surface area contributed by atoms with E-state index in [1.165, 1.54) is 16.8 Å². The Labute approximate surface area is 138 Å².